The number of nitrogens with two attached hydrogens (primary N) is 1. The Kier molecular flexibility index (Phi) is 1.77. The summed E-state index contributed by atoms with van der Waals surface area (Å²) in [6.07, 6.45) is 0. The minimum Gasteiger partial charge on any atom is -0.594 e. The Morgan fingerprint density at radius 2 is 2.23 bits per heavy atom. The number of fused-ring (bicyclic) bond motifs is 1. The van der Waals surface area contributed by atoms with Gasteiger partial charge in [-0.15, -0.1) is 0 Å². The maximum atomic E-state index is 11.2. The fourth-order valence-electron chi connectivity index (χ4n) is 1.05. The summed E-state index contributed by atoms with van der Waals surface area (Å²) in [5, 5.41) is 14.7. The maximum absolute atomic E-state index is 11.2. The minimum atomic E-state index is -0.0330. The largest absolute Gasteiger partial charge is 0.594 e. The molecule has 2 rings (SSSR count). The predicted octanol–water partition coefficient (Wildman–Crippen LogP) is 0.608. The number of para-hydroxylation sites is 1. The van der Waals surface area contributed by atoms with Crippen LogP contribution in [-0.4, -0.2) is 10.1 Å². The number of nitrogen functional groups attached to an aromatic ring is 1. The van der Waals surface area contributed by atoms with Crippen molar-refractivity contribution in [2.24, 2.45) is 0 Å². The zero-order valence-corrected chi connectivity index (χ0v) is 8.02. The normalized spacial score (nSPS) is 10.5. The third-order valence-corrected chi connectivity index (χ3v) is 2.23. The van der Waals surface area contributed by atoms with E-state index in [9.17, 15) is 5.21 Å². The Balaban J connectivity index is 2.94. The molecule has 0 aliphatic heterocycles. The van der Waals surface area contributed by atoms with Crippen LogP contribution in [0.1, 0.15) is 0 Å². The van der Waals surface area contributed by atoms with E-state index in [1.807, 2.05) is 0 Å². The lowest BCUT2D eigenvalue weighted by Crippen LogP contribution is -2.33. The van der Waals surface area contributed by atoms with Crippen molar-refractivity contribution < 1.29 is 4.85 Å². The SMILES string of the molecule is Nc1nc2c(Br)cccc2[n+]([O-])n1. The second-order valence-corrected chi connectivity index (χ2v) is 3.30. The lowest BCUT2D eigenvalue weighted by molar-refractivity contribution is -0.641. The van der Waals surface area contributed by atoms with Crippen LogP contribution < -0.4 is 10.6 Å². The van der Waals surface area contributed by atoms with E-state index in [0.29, 0.717) is 15.9 Å². The molecular weight excluding hydrogens is 236 g/mol. The van der Waals surface area contributed by atoms with E-state index in [0.717, 1.165) is 4.47 Å². The number of aromatic nitrogens is 3. The summed E-state index contributed by atoms with van der Waals surface area (Å²) in [6.45, 7) is 0. The van der Waals surface area contributed by atoms with Gasteiger partial charge in [-0.1, -0.05) is 6.07 Å². The van der Waals surface area contributed by atoms with Gasteiger partial charge in [-0.05, 0) is 26.8 Å². The molecule has 0 saturated heterocycles. The average Bonchev–Trinajstić information content (AvgIpc) is 2.07. The summed E-state index contributed by atoms with van der Waals surface area (Å²) in [6, 6.07) is 5.15. The third kappa shape index (κ3) is 1.29. The highest BCUT2D eigenvalue weighted by molar-refractivity contribution is 9.10. The molecule has 0 radical (unpaired) electrons. The summed E-state index contributed by atoms with van der Waals surface area (Å²) >= 11 is 3.27. The highest BCUT2D eigenvalue weighted by atomic mass is 79.9. The molecule has 6 heteroatoms. The predicted molar refractivity (Wildman–Crippen MR) is 50.6 cm³/mol. The van der Waals surface area contributed by atoms with Crippen LogP contribution in [0.3, 0.4) is 0 Å². The van der Waals surface area contributed by atoms with Crippen molar-refractivity contribution in [2.75, 3.05) is 5.73 Å². The Morgan fingerprint density at radius 1 is 1.46 bits per heavy atom. The molecule has 66 valence electrons. The van der Waals surface area contributed by atoms with Crippen molar-refractivity contribution in [3.05, 3.63) is 27.9 Å². The molecule has 0 aliphatic carbocycles. The van der Waals surface area contributed by atoms with Crippen LogP contribution in [-0.2, 0) is 0 Å². The van der Waals surface area contributed by atoms with Gasteiger partial charge < -0.3 is 10.9 Å². The fraction of sp³-hybridized carbons (Fsp3) is 0. The number of hydrogen-bond donors (Lipinski definition) is 1. The van der Waals surface area contributed by atoms with Crippen molar-refractivity contribution in [3.63, 3.8) is 0 Å². The Bertz CT molecular complexity index is 473. The first kappa shape index (κ1) is 8.18. The van der Waals surface area contributed by atoms with Gasteiger partial charge in [-0.3, -0.25) is 0 Å². The molecule has 2 aromatic rings. The van der Waals surface area contributed by atoms with Gasteiger partial charge in [0, 0.05) is 6.07 Å². The molecule has 1 aromatic carbocycles. The van der Waals surface area contributed by atoms with E-state index in [1.54, 1.807) is 18.2 Å². The van der Waals surface area contributed by atoms with Crippen LogP contribution in [0.4, 0.5) is 5.95 Å². The van der Waals surface area contributed by atoms with Gasteiger partial charge in [0.05, 0.1) is 9.57 Å². The van der Waals surface area contributed by atoms with Crippen molar-refractivity contribution in [2.45, 2.75) is 0 Å². The van der Waals surface area contributed by atoms with Gasteiger partial charge in [0.2, 0.25) is 0 Å². The molecule has 13 heavy (non-hydrogen) atoms. The zero-order chi connectivity index (χ0) is 9.42. The number of halogens is 1. The van der Waals surface area contributed by atoms with Crippen LogP contribution in [0.15, 0.2) is 22.7 Å². The van der Waals surface area contributed by atoms with Gasteiger partial charge >= 0.3 is 0 Å². The van der Waals surface area contributed by atoms with Crippen molar-refractivity contribution in [3.8, 4) is 0 Å². The summed E-state index contributed by atoms with van der Waals surface area (Å²) in [5.41, 5.74) is 6.24. The van der Waals surface area contributed by atoms with E-state index in [4.69, 9.17) is 5.73 Å². The molecular formula is C7H5BrN4O. The molecule has 0 aliphatic rings. The fourth-order valence-corrected chi connectivity index (χ4v) is 1.50. The van der Waals surface area contributed by atoms with Crippen molar-refractivity contribution in [1.29, 1.82) is 0 Å². The third-order valence-electron chi connectivity index (χ3n) is 1.59. The second-order valence-electron chi connectivity index (χ2n) is 2.45. The van der Waals surface area contributed by atoms with Gasteiger partial charge in [0.15, 0.2) is 5.52 Å². The molecule has 0 saturated carbocycles. The number of anilines is 1. The first-order chi connectivity index (χ1) is 6.18. The monoisotopic (exact) mass is 240 g/mol. The Morgan fingerprint density at radius 3 is 3.00 bits per heavy atom. The smallest absolute Gasteiger partial charge is 0.288 e. The first-order valence-corrected chi connectivity index (χ1v) is 4.29. The van der Waals surface area contributed by atoms with E-state index in [1.165, 1.54) is 0 Å². The van der Waals surface area contributed by atoms with Gasteiger partial charge in [-0.25, -0.2) is 4.98 Å². The summed E-state index contributed by atoms with van der Waals surface area (Å²) < 4.78 is 0.726. The summed E-state index contributed by atoms with van der Waals surface area (Å²) in [5.74, 6) is -0.0330. The van der Waals surface area contributed by atoms with Crippen LogP contribution >= 0.6 is 15.9 Å². The lowest BCUT2D eigenvalue weighted by atomic mass is 10.3. The number of nitrogens with zero attached hydrogens (tertiary/aromatic N) is 3. The molecule has 0 spiro atoms. The summed E-state index contributed by atoms with van der Waals surface area (Å²) in [4.78, 5) is 4.40. The number of hydrogen-bond acceptors (Lipinski definition) is 4. The standard InChI is InChI=1S/C7H5BrN4O/c8-4-2-1-3-5-6(4)10-7(9)11-12(5)13/h1-3H,(H2,9,10,11). The highest BCUT2D eigenvalue weighted by Crippen LogP contribution is 2.18. The maximum Gasteiger partial charge on any atom is 0.288 e. The van der Waals surface area contributed by atoms with Crippen molar-refractivity contribution in [1.82, 2.24) is 10.1 Å². The minimum absolute atomic E-state index is 0.0330. The van der Waals surface area contributed by atoms with Gasteiger partial charge in [0.25, 0.3) is 11.5 Å². The Labute approximate surface area is 81.9 Å². The van der Waals surface area contributed by atoms with E-state index in [2.05, 4.69) is 26.0 Å². The molecule has 2 N–H and O–H groups in total. The van der Waals surface area contributed by atoms with Crippen LogP contribution in [0, 0.1) is 5.21 Å². The molecule has 5 nitrogen and oxygen atoms in total. The molecule has 0 bridgehead atoms. The molecule has 0 fully saturated rings. The number of rotatable bonds is 0. The second kappa shape index (κ2) is 2.81. The summed E-state index contributed by atoms with van der Waals surface area (Å²) in [7, 11) is 0. The van der Waals surface area contributed by atoms with Crippen LogP contribution in [0.2, 0.25) is 0 Å². The molecule has 1 heterocycles. The topological polar surface area (TPSA) is 78.7 Å². The van der Waals surface area contributed by atoms with Gasteiger partial charge in [0.1, 0.15) is 0 Å². The van der Waals surface area contributed by atoms with Gasteiger partial charge in [-0.2, -0.15) is 0 Å². The first-order valence-electron chi connectivity index (χ1n) is 3.50. The zero-order valence-electron chi connectivity index (χ0n) is 6.44. The molecule has 0 unspecified atom stereocenters. The van der Waals surface area contributed by atoms with Crippen LogP contribution in [0.25, 0.3) is 11.0 Å². The number of benzene rings is 1. The average molecular weight is 241 g/mol. The van der Waals surface area contributed by atoms with E-state index < -0.39 is 0 Å². The Hall–Kier alpha value is -1.43. The molecule has 1 aromatic heterocycles. The highest BCUT2D eigenvalue weighted by Gasteiger charge is 2.10. The molecule has 0 atom stereocenters. The lowest BCUT2D eigenvalue weighted by Gasteiger charge is -1.99. The quantitative estimate of drug-likeness (QED) is 0.541. The molecule has 0 amide bonds. The van der Waals surface area contributed by atoms with Crippen molar-refractivity contribution >= 4 is 32.9 Å². The van der Waals surface area contributed by atoms with Crippen LogP contribution in [0.5, 0.6) is 0 Å². The van der Waals surface area contributed by atoms with E-state index in [-0.39, 0.29) is 5.95 Å². The van der Waals surface area contributed by atoms with E-state index >= 15 is 0 Å².